The van der Waals surface area contributed by atoms with E-state index in [1.54, 1.807) is 0 Å². The van der Waals surface area contributed by atoms with E-state index in [0.29, 0.717) is 0 Å². The number of halogens is 1. The lowest BCUT2D eigenvalue weighted by molar-refractivity contribution is 0.639. The van der Waals surface area contributed by atoms with E-state index in [4.69, 9.17) is 5.73 Å². The Morgan fingerprint density at radius 1 is 1.25 bits per heavy atom. The standard InChI is InChI=1S/C14H16BrN/c1-2-5-14(16)11-8-10-6-3-4-7-12(10)13(15)9-11/h3-4,6-9,14H,2,5,16H2,1H3. The van der Waals surface area contributed by atoms with Crippen LogP contribution in [0.4, 0.5) is 0 Å². The van der Waals surface area contributed by atoms with Gasteiger partial charge in [-0.25, -0.2) is 0 Å². The number of hydrogen-bond donors (Lipinski definition) is 1. The van der Waals surface area contributed by atoms with Crippen molar-refractivity contribution in [2.45, 2.75) is 25.8 Å². The van der Waals surface area contributed by atoms with Gasteiger partial charge in [-0.15, -0.1) is 0 Å². The van der Waals surface area contributed by atoms with Crippen LogP contribution in [-0.4, -0.2) is 0 Å². The van der Waals surface area contributed by atoms with Crippen molar-refractivity contribution in [1.82, 2.24) is 0 Å². The molecule has 2 aromatic carbocycles. The highest BCUT2D eigenvalue weighted by Gasteiger charge is 2.07. The first-order valence-corrected chi connectivity index (χ1v) is 6.45. The molecule has 2 heteroatoms. The van der Waals surface area contributed by atoms with Gasteiger partial charge in [0, 0.05) is 10.5 Å². The fraction of sp³-hybridized carbons (Fsp3) is 0.286. The molecule has 0 aromatic heterocycles. The Morgan fingerprint density at radius 3 is 2.75 bits per heavy atom. The fourth-order valence-electron chi connectivity index (χ4n) is 1.98. The maximum absolute atomic E-state index is 6.14. The number of fused-ring (bicyclic) bond motifs is 1. The highest BCUT2D eigenvalue weighted by molar-refractivity contribution is 9.10. The summed E-state index contributed by atoms with van der Waals surface area (Å²) in [6, 6.07) is 12.8. The van der Waals surface area contributed by atoms with Gasteiger partial charge in [-0.1, -0.05) is 53.5 Å². The van der Waals surface area contributed by atoms with Gasteiger partial charge in [0.05, 0.1) is 0 Å². The van der Waals surface area contributed by atoms with Gasteiger partial charge in [-0.2, -0.15) is 0 Å². The Balaban J connectivity index is 2.49. The van der Waals surface area contributed by atoms with Crippen molar-refractivity contribution >= 4 is 26.7 Å². The minimum Gasteiger partial charge on any atom is -0.324 e. The Bertz CT molecular complexity index is 493. The summed E-state index contributed by atoms with van der Waals surface area (Å²) in [7, 11) is 0. The van der Waals surface area contributed by atoms with Crippen molar-refractivity contribution in [2.75, 3.05) is 0 Å². The van der Waals surface area contributed by atoms with Gasteiger partial charge in [0.15, 0.2) is 0 Å². The molecule has 0 saturated heterocycles. The van der Waals surface area contributed by atoms with E-state index < -0.39 is 0 Å². The predicted octanol–water partition coefficient (Wildman–Crippen LogP) is 4.40. The van der Waals surface area contributed by atoms with Crippen LogP contribution in [0.25, 0.3) is 10.8 Å². The second kappa shape index (κ2) is 4.98. The lowest BCUT2D eigenvalue weighted by Crippen LogP contribution is -2.09. The average Bonchev–Trinajstić information content (AvgIpc) is 2.29. The van der Waals surface area contributed by atoms with E-state index in [-0.39, 0.29) is 6.04 Å². The molecule has 1 unspecified atom stereocenters. The van der Waals surface area contributed by atoms with Crippen molar-refractivity contribution < 1.29 is 0 Å². The Labute approximate surface area is 105 Å². The smallest absolute Gasteiger partial charge is 0.0295 e. The minimum atomic E-state index is 0.144. The second-order valence-corrected chi connectivity index (χ2v) is 4.97. The number of rotatable bonds is 3. The fourth-order valence-corrected chi connectivity index (χ4v) is 2.60. The maximum atomic E-state index is 6.14. The van der Waals surface area contributed by atoms with Crippen LogP contribution in [0.2, 0.25) is 0 Å². The predicted molar refractivity (Wildman–Crippen MR) is 73.5 cm³/mol. The van der Waals surface area contributed by atoms with Crippen molar-refractivity contribution in [1.29, 1.82) is 0 Å². The zero-order valence-corrected chi connectivity index (χ0v) is 11.0. The highest BCUT2D eigenvalue weighted by Crippen LogP contribution is 2.28. The molecular formula is C14H16BrN. The second-order valence-electron chi connectivity index (χ2n) is 4.12. The molecule has 2 N–H and O–H groups in total. The van der Waals surface area contributed by atoms with Crippen molar-refractivity contribution in [3.8, 4) is 0 Å². The van der Waals surface area contributed by atoms with Crippen molar-refractivity contribution in [3.63, 3.8) is 0 Å². The van der Waals surface area contributed by atoms with Gasteiger partial charge < -0.3 is 5.73 Å². The van der Waals surface area contributed by atoms with E-state index in [1.165, 1.54) is 16.3 Å². The molecule has 0 bridgehead atoms. The molecule has 0 radical (unpaired) electrons. The molecule has 0 amide bonds. The van der Waals surface area contributed by atoms with Crippen LogP contribution in [0.5, 0.6) is 0 Å². The maximum Gasteiger partial charge on any atom is 0.0295 e. The third-order valence-electron chi connectivity index (χ3n) is 2.86. The van der Waals surface area contributed by atoms with E-state index in [1.807, 2.05) is 0 Å². The summed E-state index contributed by atoms with van der Waals surface area (Å²) in [4.78, 5) is 0. The molecular weight excluding hydrogens is 262 g/mol. The first-order valence-electron chi connectivity index (χ1n) is 5.66. The Kier molecular flexibility index (Phi) is 3.62. The molecule has 1 atom stereocenters. The largest absolute Gasteiger partial charge is 0.324 e. The monoisotopic (exact) mass is 277 g/mol. The molecule has 0 spiro atoms. The molecule has 0 fully saturated rings. The summed E-state index contributed by atoms with van der Waals surface area (Å²) in [5, 5.41) is 2.49. The van der Waals surface area contributed by atoms with E-state index in [9.17, 15) is 0 Å². The zero-order chi connectivity index (χ0) is 11.5. The molecule has 16 heavy (non-hydrogen) atoms. The third-order valence-corrected chi connectivity index (χ3v) is 3.52. The van der Waals surface area contributed by atoms with E-state index >= 15 is 0 Å². The normalized spacial score (nSPS) is 12.9. The number of benzene rings is 2. The van der Waals surface area contributed by atoms with Crippen molar-refractivity contribution in [3.05, 3.63) is 46.4 Å². The van der Waals surface area contributed by atoms with E-state index in [2.05, 4.69) is 59.3 Å². The molecule has 0 saturated carbocycles. The minimum absolute atomic E-state index is 0.144. The summed E-state index contributed by atoms with van der Waals surface area (Å²) in [5.41, 5.74) is 7.36. The number of nitrogens with two attached hydrogens (primary N) is 1. The molecule has 0 aliphatic rings. The van der Waals surface area contributed by atoms with Crippen LogP contribution in [0, 0.1) is 0 Å². The van der Waals surface area contributed by atoms with Crippen LogP contribution in [0.3, 0.4) is 0 Å². The molecule has 0 aliphatic heterocycles. The van der Waals surface area contributed by atoms with Crippen LogP contribution < -0.4 is 5.73 Å². The van der Waals surface area contributed by atoms with Crippen LogP contribution in [0.1, 0.15) is 31.4 Å². The summed E-state index contributed by atoms with van der Waals surface area (Å²) >= 11 is 3.61. The van der Waals surface area contributed by atoms with Gasteiger partial charge in [0.25, 0.3) is 0 Å². The van der Waals surface area contributed by atoms with E-state index in [0.717, 1.165) is 17.3 Å². The molecule has 0 heterocycles. The van der Waals surface area contributed by atoms with Gasteiger partial charge in [-0.3, -0.25) is 0 Å². The van der Waals surface area contributed by atoms with Crippen LogP contribution in [-0.2, 0) is 0 Å². The highest BCUT2D eigenvalue weighted by atomic mass is 79.9. The van der Waals surface area contributed by atoms with Crippen LogP contribution >= 0.6 is 15.9 Å². The first-order chi connectivity index (χ1) is 7.72. The lowest BCUT2D eigenvalue weighted by Gasteiger charge is -2.12. The van der Waals surface area contributed by atoms with Gasteiger partial charge in [0.2, 0.25) is 0 Å². The molecule has 2 rings (SSSR count). The first kappa shape index (κ1) is 11.6. The third kappa shape index (κ3) is 2.28. The average molecular weight is 278 g/mol. The molecule has 84 valence electrons. The summed E-state index contributed by atoms with van der Waals surface area (Å²) in [6.45, 7) is 2.16. The Morgan fingerprint density at radius 2 is 2.00 bits per heavy atom. The molecule has 1 nitrogen and oxygen atoms in total. The SMILES string of the molecule is CCCC(N)c1cc(Br)c2ccccc2c1. The summed E-state index contributed by atoms with van der Waals surface area (Å²) in [6.07, 6.45) is 2.15. The Hall–Kier alpha value is -0.860. The molecule has 0 aliphatic carbocycles. The van der Waals surface area contributed by atoms with Crippen LogP contribution in [0.15, 0.2) is 40.9 Å². The summed E-state index contributed by atoms with van der Waals surface area (Å²) in [5.74, 6) is 0. The zero-order valence-electron chi connectivity index (χ0n) is 9.41. The lowest BCUT2D eigenvalue weighted by atomic mass is 10.00. The van der Waals surface area contributed by atoms with Gasteiger partial charge in [-0.05, 0) is 34.9 Å². The summed E-state index contributed by atoms with van der Waals surface area (Å²) < 4.78 is 1.13. The molecule has 2 aromatic rings. The van der Waals surface area contributed by atoms with Gasteiger partial charge in [0.1, 0.15) is 0 Å². The quantitative estimate of drug-likeness (QED) is 0.884. The van der Waals surface area contributed by atoms with Crippen molar-refractivity contribution in [2.24, 2.45) is 5.73 Å². The topological polar surface area (TPSA) is 26.0 Å². The number of hydrogen-bond acceptors (Lipinski definition) is 1. The van der Waals surface area contributed by atoms with Gasteiger partial charge >= 0.3 is 0 Å².